The average molecular weight is 2190 g/mol. The third kappa shape index (κ3) is 140. The van der Waals surface area contributed by atoms with Gasteiger partial charge in [0, 0.05) is 12.6 Å². The van der Waals surface area contributed by atoms with Gasteiger partial charge in [0.25, 0.3) is 0 Å². The van der Waals surface area contributed by atoms with Gasteiger partial charge in [0.1, 0.15) is 0 Å². The molecule has 0 aliphatic rings. The highest BCUT2D eigenvalue weighted by atomic mass is 32.2. The van der Waals surface area contributed by atoms with E-state index in [0.717, 1.165) is 0 Å². The van der Waals surface area contributed by atoms with Crippen molar-refractivity contribution in [3.63, 3.8) is 0 Å². The number of ether oxygens (including phenoxy) is 46. The molecule has 2 N–H and O–H groups in total. The Kier molecular flexibility index (Phi) is 132. The summed E-state index contributed by atoms with van der Waals surface area (Å²) in [6, 6.07) is 0. The van der Waals surface area contributed by atoms with Gasteiger partial charge in [-0.05, 0) is 20.3 Å². The summed E-state index contributed by atoms with van der Waals surface area (Å²) in [4.78, 5) is 0. The Balaban J connectivity index is 3.12. The van der Waals surface area contributed by atoms with E-state index in [9.17, 15) is 8.42 Å². The van der Waals surface area contributed by atoms with E-state index in [1.54, 1.807) is 7.11 Å². The third-order valence-corrected chi connectivity index (χ3v) is 20.0. The molecule has 0 atom stereocenters. The smallest absolute Gasteiger partial charge is 0.152 e. The van der Waals surface area contributed by atoms with Crippen molar-refractivity contribution in [1.29, 1.82) is 0 Å². The van der Waals surface area contributed by atoms with E-state index in [1.165, 1.54) is 0 Å². The van der Waals surface area contributed by atoms with Crippen LogP contribution in [0.4, 0.5) is 0 Å². The van der Waals surface area contributed by atoms with Gasteiger partial charge < -0.3 is 224 Å². The van der Waals surface area contributed by atoms with Crippen molar-refractivity contribution in [2.45, 2.75) is 25.8 Å². The Labute approximate surface area is 883 Å². The normalized spacial score (nSPS) is 12.1. The van der Waals surface area contributed by atoms with E-state index in [0.29, 0.717) is 601 Å². The predicted molar refractivity (Wildman–Crippen MR) is 540 cm³/mol. The molecule has 50 heteroatoms. The highest BCUT2D eigenvalue weighted by Crippen LogP contribution is 2.07. The van der Waals surface area contributed by atoms with E-state index in [2.05, 4.69) is 0 Å². The van der Waals surface area contributed by atoms with Crippen molar-refractivity contribution in [3.05, 3.63) is 0 Å². The Bertz CT molecular complexity index is 2270. The first kappa shape index (κ1) is 146. The zero-order valence-electron chi connectivity index (χ0n) is 90.5. The quantitative estimate of drug-likeness (QED) is 0.0827. The van der Waals surface area contributed by atoms with Crippen molar-refractivity contribution in [2.24, 2.45) is 5.73 Å². The van der Waals surface area contributed by atoms with E-state index < -0.39 is 15.4 Å². The fourth-order valence-corrected chi connectivity index (χ4v) is 12.0. The molecule has 0 heterocycles. The highest BCUT2D eigenvalue weighted by molar-refractivity contribution is 7.91. The van der Waals surface area contributed by atoms with Gasteiger partial charge in [0.05, 0.1) is 613 Å². The highest BCUT2D eigenvalue weighted by Gasteiger charge is 2.18. The Hall–Kier alpha value is -1.93. The second-order valence-corrected chi connectivity index (χ2v) is 33.7. The van der Waals surface area contributed by atoms with Gasteiger partial charge in [-0.3, -0.25) is 0 Å². The number of nitrogens with two attached hydrogens (primary N) is 1. The summed E-state index contributed by atoms with van der Waals surface area (Å²) in [5, 5.41) is 0. The van der Waals surface area contributed by atoms with Gasteiger partial charge in [0.15, 0.2) is 9.84 Å². The van der Waals surface area contributed by atoms with Crippen LogP contribution in [0.25, 0.3) is 0 Å². The van der Waals surface area contributed by atoms with Crippen LogP contribution in [0.2, 0.25) is 0 Å². The molecule has 148 heavy (non-hydrogen) atoms. The van der Waals surface area contributed by atoms with E-state index in [-0.39, 0.29) is 18.1 Å². The summed E-state index contributed by atoms with van der Waals surface area (Å²) in [7, 11) is -1.53. The van der Waals surface area contributed by atoms with Crippen molar-refractivity contribution >= 4 is 9.84 Å². The lowest BCUT2D eigenvalue weighted by Gasteiger charge is -2.17. The van der Waals surface area contributed by atoms with Gasteiger partial charge >= 0.3 is 0 Å². The monoisotopic (exact) mass is 2190 g/mol. The maximum atomic E-state index is 12.0. The summed E-state index contributed by atoms with van der Waals surface area (Å²) in [5.74, 6) is 0.0321. The minimum absolute atomic E-state index is 0.0244. The van der Waals surface area contributed by atoms with Crippen molar-refractivity contribution in [2.75, 3.05) is 620 Å². The van der Waals surface area contributed by atoms with E-state index in [4.69, 9.17) is 224 Å². The standard InChI is InChI=1S/C98H199NO48S/c1-98(2,99)4-96-148(100,101)97-95-147-94-93-146-92-91-145-90-89-144-88-87-143-86-85-142-84-83-141-82-81-140-80-79-139-78-77-138-76-75-137-74-73-136-72-71-135-70-69-134-68-67-133-66-65-132-64-63-131-62-61-130-60-59-129-58-57-128-56-55-127-54-53-126-52-51-125-50-49-124-48-47-123-46-45-122-44-43-121-42-41-120-40-39-119-38-37-118-36-35-117-34-33-116-32-31-115-30-29-114-28-27-113-26-25-112-24-23-111-22-21-110-20-19-109-18-17-108-16-15-107-14-13-106-12-11-105-10-9-104-8-7-103-6-5-102-3/h4-97,99H2,1-3H3. The van der Waals surface area contributed by atoms with Crippen LogP contribution < -0.4 is 5.73 Å². The second kappa shape index (κ2) is 134. The Morgan fingerprint density at radius 3 is 0.257 bits per heavy atom. The zero-order valence-corrected chi connectivity index (χ0v) is 91.4. The molecule has 0 aliphatic heterocycles. The lowest BCUT2D eigenvalue weighted by molar-refractivity contribution is -0.0329. The number of methoxy groups -OCH3 is 1. The third-order valence-electron chi connectivity index (χ3n) is 18.4. The van der Waals surface area contributed by atoms with Gasteiger partial charge in [0.2, 0.25) is 0 Å². The van der Waals surface area contributed by atoms with Crippen LogP contribution in [0.1, 0.15) is 20.3 Å². The summed E-state index contributed by atoms with van der Waals surface area (Å²) >= 11 is 0. The molecule has 0 amide bonds. The summed E-state index contributed by atoms with van der Waals surface area (Å²) in [6.45, 7) is 46.4. The molecule has 0 saturated heterocycles. The first-order valence-corrected chi connectivity index (χ1v) is 54.6. The van der Waals surface area contributed by atoms with Crippen LogP contribution >= 0.6 is 0 Å². The van der Waals surface area contributed by atoms with Gasteiger partial charge in [-0.1, -0.05) is 0 Å². The van der Waals surface area contributed by atoms with Gasteiger partial charge in [-0.2, -0.15) is 0 Å². The first-order chi connectivity index (χ1) is 73.3. The molecule has 0 saturated carbocycles. The topological polar surface area (TPSA) is 485 Å². The maximum absolute atomic E-state index is 12.0. The van der Waals surface area contributed by atoms with Crippen LogP contribution in [-0.4, -0.2) is 634 Å². The summed E-state index contributed by atoms with van der Waals surface area (Å²) in [6.07, 6.45) is 0.412. The van der Waals surface area contributed by atoms with Gasteiger partial charge in [-0.15, -0.1) is 0 Å². The van der Waals surface area contributed by atoms with E-state index in [1.807, 2.05) is 13.8 Å². The SMILES string of the molecule is COCCOCCOCCOCCOCCOCCOCCOCCOCCOCCOCCOCCOCCOCCOCCOCCOCCOCCOCCOCCOCCOCCOCCOCCOCCOCCOCCOCCOCCOCCOCCOCCOCCOCCOCCOCCOCCOCCOCCOCCOCCOCCOCCOCCOCCOCCS(=O)(=O)CCC(C)(C)N. The molecule has 49 nitrogen and oxygen atoms in total. The maximum Gasteiger partial charge on any atom is 0.152 e. The molecule has 0 radical (unpaired) electrons. The largest absolute Gasteiger partial charge is 0.382 e. The Morgan fingerprint density at radius 1 is 0.122 bits per heavy atom. The number of hydrogen-bond donors (Lipinski definition) is 1. The molecule has 890 valence electrons. The molecule has 0 unspecified atom stereocenters. The molecule has 0 aromatic heterocycles. The van der Waals surface area contributed by atoms with Crippen molar-refractivity contribution in [3.8, 4) is 0 Å². The molecule has 0 bridgehead atoms. The lowest BCUT2D eigenvalue weighted by atomic mass is 10.0. The summed E-state index contributed by atoms with van der Waals surface area (Å²) < 4.78 is 278. The van der Waals surface area contributed by atoms with Crippen LogP contribution in [-0.2, 0) is 228 Å². The fraction of sp³-hybridized carbons (Fsp3) is 1.00. The van der Waals surface area contributed by atoms with E-state index >= 15 is 0 Å². The molecular weight excluding hydrogens is 1990 g/mol. The van der Waals surface area contributed by atoms with Crippen molar-refractivity contribution in [1.82, 2.24) is 0 Å². The Morgan fingerprint density at radius 2 is 0.189 bits per heavy atom. The number of sulfone groups is 1. The molecule has 0 aromatic rings. The van der Waals surface area contributed by atoms with Crippen LogP contribution in [0.5, 0.6) is 0 Å². The number of hydrogen-bond acceptors (Lipinski definition) is 49. The molecule has 0 spiro atoms. The molecule has 0 fully saturated rings. The number of rotatable bonds is 141. The minimum atomic E-state index is -3.18. The molecule has 0 rings (SSSR count). The van der Waals surface area contributed by atoms with Gasteiger partial charge in [-0.25, -0.2) is 8.42 Å². The second-order valence-electron chi connectivity index (χ2n) is 31.4. The molecule has 0 aromatic carbocycles. The lowest BCUT2D eigenvalue weighted by Crippen LogP contribution is -2.34. The summed E-state index contributed by atoms with van der Waals surface area (Å²) in [5.41, 5.74) is 5.35. The fourth-order valence-electron chi connectivity index (χ4n) is 10.6. The molecular formula is C98H199NO48S. The average Bonchev–Trinajstić information content (AvgIpc) is 0.908. The minimum Gasteiger partial charge on any atom is -0.382 e. The van der Waals surface area contributed by atoms with Crippen molar-refractivity contribution < 1.29 is 226 Å². The van der Waals surface area contributed by atoms with Crippen LogP contribution in [0.15, 0.2) is 0 Å². The molecule has 0 aliphatic carbocycles. The first-order valence-electron chi connectivity index (χ1n) is 52.7. The van der Waals surface area contributed by atoms with Crippen LogP contribution in [0, 0.1) is 0 Å². The zero-order chi connectivity index (χ0) is 106. The predicted octanol–water partition coefficient (Wildman–Crippen LogP) is 0.922. The van der Waals surface area contributed by atoms with Crippen LogP contribution in [0.3, 0.4) is 0 Å².